The number of benzene rings is 1. The number of phenols is 1. The minimum absolute atomic E-state index is 0. The van der Waals surface area contributed by atoms with Crippen molar-refractivity contribution in [3.05, 3.63) is 18.2 Å². The maximum absolute atomic E-state index is 9.07. The SMILES string of the molecule is Oc1cccc(P)c1P.[Ni]. The molecule has 1 N–H and O–H groups in total. The minimum Gasteiger partial charge on any atom is -0.507 e. The second-order valence-corrected chi connectivity index (χ2v) is 2.98. The molecule has 0 spiro atoms. The van der Waals surface area contributed by atoms with E-state index < -0.39 is 0 Å². The van der Waals surface area contributed by atoms with Crippen LogP contribution in [0, 0.1) is 0 Å². The van der Waals surface area contributed by atoms with E-state index in [1.807, 2.05) is 12.1 Å². The van der Waals surface area contributed by atoms with E-state index in [0.29, 0.717) is 5.75 Å². The first-order valence-corrected chi connectivity index (χ1v) is 3.70. The van der Waals surface area contributed by atoms with Crippen LogP contribution in [0.2, 0.25) is 0 Å². The third-order valence-electron chi connectivity index (χ3n) is 1.12. The fourth-order valence-electron chi connectivity index (χ4n) is 0.570. The van der Waals surface area contributed by atoms with Gasteiger partial charge in [0, 0.05) is 21.8 Å². The van der Waals surface area contributed by atoms with Gasteiger partial charge in [-0.1, -0.05) is 12.1 Å². The Morgan fingerprint density at radius 3 is 2.20 bits per heavy atom. The summed E-state index contributed by atoms with van der Waals surface area (Å²) in [7, 11) is 5.01. The van der Waals surface area contributed by atoms with Crippen LogP contribution in [0.5, 0.6) is 5.75 Å². The molecular formula is C6H8NiOP2. The summed E-state index contributed by atoms with van der Waals surface area (Å²) in [5.41, 5.74) is 0. The second kappa shape index (κ2) is 4.29. The minimum atomic E-state index is 0. The Hall–Kier alpha value is 0.374. The van der Waals surface area contributed by atoms with E-state index in [1.54, 1.807) is 6.07 Å². The average molecular weight is 217 g/mol. The third-order valence-corrected chi connectivity index (χ3v) is 2.58. The first-order valence-electron chi connectivity index (χ1n) is 2.54. The van der Waals surface area contributed by atoms with E-state index in [0.717, 1.165) is 10.6 Å². The smallest absolute Gasteiger partial charge is 0.123 e. The number of rotatable bonds is 0. The van der Waals surface area contributed by atoms with Gasteiger partial charge in [0.2, 0.25) is 0 Å². The summed E-state index contributed by atoms with van der Waals surface area (Å²) in [6, 6.07) is 5.40. The number of phenolic OH excluding ortho intramolecular Hbond substituents is 1. The van der Waals surface area contributed by atoms with Crippen molar-refractivity contribution >= 4 is 29.1 Å². The van der Waals surface area contributed by atoms with E-state index in [-0.39, 0.29) is 16.5 Å². The molecule has 0 aromatic heterocycles. The molecule has 0 fully saturated rings. The zero-order valence-corrected chi connectivity index (χ0v) is 8.45. The van der Waals surface area contributed by atoms with Crippen molar-refractivity contribution < 1.29 is 21.6 Å². The van der Waals surface area contributed by atoms with Crippen LogP contribution in [0.1, 0.15) is 0 Å². The predicted molar refractivity (Wildman–Crippen MR) is 46.8 cm³/mol. The molecule has 0 amide bonds. The van der Waals surface area contributed by atoms with Crippen LogP contribution in [0.4, 0.5) is 0 Å². The van der Waals surface area contributed by atoms with Crippen LogP contribution in [-0.4, -0.2) is 5.11 Å². The Bertz CT molecular complexity index is 207. The normalized spacial score (nSPS) is 8.60. The summed E-state index contributed by atoms with van der Waals surface area (Å²) in [4.78, 5) is 0. The summed E-state index contributed by atoms with van der Waals surface area (Å²) < 4.78 is 0. The fourth-order valence-corrected chi connectivity index (χ4v) is 1.02. The van der Waals surface area contributed by atoms with Crippen molar-refractivity contribution in [1.82, 2.24) is 0 Å². The zero-order chi connectivity index (χ0) is 6.85. The van der Waals surface area contributed by atoms with Gasteiger partial charge in [0.25, 0.3) is 0 Å². The van der Waals surface area contributed by atoms with Crippen LogP contribution in [-0.2, 0) is 16.5 Å². The predicted octanol–water partition coefficient (Wildman–Crippen LogP) is 0.390. The van der Waals surface area contributed by atoms with Crippen molar-refractivity contribution in [1.29, 1.82) is 0 Å². The van der Waals surface area contributed by atoms with Crippen molar-refractivity contribution in [2.24, 2.45) is 0 Å². The first-order chi connectivity index (χ1) is 4.22. The second-order valence-electron chi connectivity index (χ2n) is 1.78. The Morgan fingerprint density at radius 1 is 1.20 bits per heavy atom. The summed E-state index contributed by atoms with van der Waals surface area (Å²) in [6.45, 7) is 0. The van der Waals surface area contributed by atoms with Crippen LogP contribution in [0.15, 0.2) is 18.2 Å². The van der Waals surface area contributed by atoms with Gasteiger partial charge < -0.3 is 5.11 Å². The molecule has 0 saturated heterocycles. The van der Waals surface area contributed by atoms with Crippen molar-refractivity contribution in [2.45, 2.75) is 0 Å². The van der Waals surface area contributed by atoms with Crippen molar-refractivity contribution in [3.8, 4) is 5.75 Å². The fraction of sp³-hybridized carbons (Fsp3) is 0. The topological polar surface area (TPSA) is 20.2 Å². The van der Waals surface area contributed by atoms with E-state index in [4.69, 9.17) is 5.11 Å². The molecular weight excluding hydrogens is 209 g/mol. The molecule has 4 heteroatoms. The molecule has 58 valence electrons. The van der Waals surface area contributed by atoms with Gasteiger partial charge in [-0.25, -0.2) is 0 Å². The standard InChI is InChI=1S/C6H8OP2.Ni/c7-4-2-1-3-5(8)6(4)9;/h1-3,7H,8-9H2;. The van der Waals surface area contributed by atoms with Gasteiger partial charge in [-0.2, -0.15) is 0 Å². The molecule has 2 unspecified atom stereocenters. The Balaban J connectivity index is 0.000000810. The largest absolute Gasteiger partial charge is 0.507 e. The molecule has 10 heavy (non-hydrogen) atoms. The van der Waals surface area contributed by atoms with Gasteiger partial charge in [0.15, 0.2) is 0 Å². The molecule has 0 heterocycles. The van der Waals surface area contributed by atoms with Crippen LogP contribution in [0.3, 0.4) is 0 Å². The van der Waals surface area contributed by atoms with Gasteiger partial charge in [0.1, 0.15) is 5.75 Å². The van der Waals surface area contributed by atoms with E-state index in [9.17, 15) is 0 Å². The third kappa shape index (κ3) is 2.20. The van der Waals surface area contributed by atoms with E-state index >= 15 is 0 Å². The zero-order valence-electron chi connectivity index (χ0n) is 5.15. The van der Waals surface area contributed by atoms with Crippen LogP contribution in [0.25, 0.3) is 0 Å². The molecule has 2 atom stereocenters. The number of aromatic hydroxyl groups is 1. The van der Waals surface area contributed by atoms with Crippen molar-refractivity contribution in [2.75, 3.05) is 0 Å². The number of hydrogen-bond acceptors (Lipinski definition) is 1. The van der Waals surface area contributed by atoms with Gasteiger partial charge in [-0.15, -0.1) is 18.5 Å². The molecule has 1 aromatic carbocycles. The summed E-state index contributed by atoms with van der Waals surface area (Å²) in [5, 5.41) is 10.9. The molecule has 1 aromatic rings. The van der Waals surface area contributed by atoms with Crippen molar-refractivity contribution in [3.63, 3.8) is 0 Å². The molecule has 0 bridgehead atoms. The van der Waals surface area contributed by atoms with E-state index in [2.05, 4.69) is 18.5 Å². The maximum atomic E-state index is 9.07. The van der Waals surface area contributed by atoms with Crippen LogP contribution >= 0.6 is 18.5 Å². The summed E-state index contributed by atoms with van der Waals surface area (Å²) in [5.74, 6) is 0.326. The number of hydrogen-bond donors (Lipinski definition) is 1. The Labute approximate surface area is 74.9 Å². The molecule has 0 aliphatic rings. The van der Waals surface area contributed by atoms with Gasteiger partial charge in [-0.05, 0) is 11.4 Å². The van der Waals surface area contributed by atoms with Gasteiger partial charge in [-0.3, -0.25) is 0 Å². The van der Waals surface area contributed by atoms with Gasteiger partial charge in [0.05, 0.1) is 0 Å². The molecule has 0 aliphatic carbocycles. The maximum Gasteiger partial charge on any atom is 0.123 e. The first kappa shape index (κ1) is 10.4. The molecule has 1 nitrogen and oxygen atoms in total. The Kier molecular flexibility index (Phi) is 4.45. The van der Waals surface area contributed by atoms with Gasteiger partial charge >= 0.3 is 0 Å². The molecule has 0 saturated carbocycles. The molecule has 0 aliphatic heterocycles. The summed E-state index contributed by atoms with van der Waals surface area (Å²) in [6.07, 6.45) is 0. The van der Waals surface area contributed by atoms with E-state index in [1.165, 1.54) is 0 Å². The summed E-state index contributed by atoms with van der Waals surface area (Å²) >= 11 is 0. The monoisotopic (exact) mass is 216 g/mol. The average Bonchev–Trinajstić information content (AvgIpc) is 1.83. The molecule has 0 radical (unpaired) electrons. The van der Waals surface area contributed by atoms with Crippen LogP contribution < -0.4 is 10.6 Å². The molecule has 1 rings (SSSR count). The quantitative estimate of drug-likeness (QED) is 0.492. The Morgan fingerprint density at radius 2 is 1.80 bits per heavy atom.